The Labute approximate surface area is 70.9 Å². The van der Waals surface area contributed by atoms with Gasteiger partial charge >= 0.3 is 0 Å². The summed E-state index contributed by atoms with van der Waals surface area (Å²) in [5, 5.41) is 3.50. The molecule has 0 aliphatic heterocycles. The number of hydrogen-bond acceptors (Lipinski definition) is 1. The van der Waals surface area contributed by atoms with Crippen LogP contribution < -0.4 is 5.32 Å². The van der Waals surface area contributed by atoms with Crippen molar-refractivity contribution < 1.29 is 0 Å². The molecular weight excluding hydrogens is 134 g/mol. The van der Waals surface area contributed by atoms with Crippen LogP contribution in [0, 0.1) is 0 Å². The Bertz CT molecular complexity index is 132. The molecule has 0 aliphatic rings. The summed E-state index contributed by atoms with van der Waals surface area (Å²) in [5.74, 6) is 0. The van der Waals surface area contributed by atoms with Gasteiger partial charge < -0.3 is 5.32 Å². The zero-order chi connectivity index (χ0) is 8.85. The highest BCUT2D eigenvalue weighted by Crippen LogP contribution is 2.05. The van der Waals surface area contributed by atoms with Crippen LogP contribution in [-0.4, -0.2) is 6.04 Å². The van der Waals surface area contributed by atoms with Crippen LogP contribution in [0.5, 0.6) is 0 Å². The fraction of sp³-hybridized carbons (Fsp3) is 0.800. The lowest BCUT2D eigenvalue weighted by atomic mass is 10.1. The third-order valence-corrected chi connectivity index (χ3v) is 1.99. The minimum atomic E-state index is 0.611. The summed E-state index contributed by atoms with van der Waals surface area (Å²) in [4.78, 5) is 0. The smallest absolute Gasteiger partial charge is 0.0227 e. The highest BCUT2D eigenvalue weighted by Gasteiger charge is 2.00. The minimum Gasteiger partial charge on any atom is -0.386 e. The Morgan fingerprint density at radius 1 is 1.27 bits per heavy atom. The molecule has 11 heavy (non-hydrogen) atoms. The van der Waals surface area contributed by atoms with Crippen molar-refractivity contribution in [3.8, 4) is 0 Å². The number of hydrogen-bond donors (Lipinski definition) is 1. The summed E-state index contributed by atoms with van der Waals surface area (Å²) < 4.78 is 0. The predicted molar refractivity (Wildman–Crippen MR) is 51.6 cm³/mol. The molecule has 0 saturated heterocycles. The highest BCUT2D eigenvalue weighted by atomic mass is 14.9. The lowest BCUT2D eigenvalue weighted by molar-refractivity contribution is 0.579. The van der Waals surface area contributed by atoms with Gasteiger partial charge in [0.15, 0.2) is 0 Å². The topological polar surface area (TPSA) is 12.0 Å². The average molecular weight is 155 g/mol. The first kappa shape index (κ1) is 10.5. The Morgan fingerprint density at radius 3 is 2.09 bits per heavy atom. The molecule has 0 bridgehead atoms. The second kappa shape index (κ2) is 5.22. The molecule has 0 aromatic heterocycles. The maximum Gasteiger partial charge on any atom is 0.0227 e. The number of nitrogens with one attached hydrogen (secondary N) is 1. The largest absolute Gasteiger partial charge is 0.386 e. The molecule has 1 unspecified atom stereocenters. The van der Waals surface area contributed by atoms with Crippen molar-refractivity contribution in [2.45, 2.75) is 53.5 Å². The molecule has 0 fully saturated rings. The lowest BCUT2D eigenvalue weighted by Crippen LogP contribution is -2.24. The molecule has 0 amide bonds. The predicted octanol–water partition coefficient (Wildman–Crippen LogP) is 3.08. The van der Waals surface area contributed by atoms with E-state index < -0.39 is 0 Å². The minimum absolute atomic E-state index is 0.611. The van der Waals surface area contributed by atoms with Gasteiger partial charge in [-0.3, -0.25) is 0 Å². The van der Waals surface area contributed by atoms with E-state index in [2.05, 4.69) is 39.9 Å². The van der Waals surface area contributed by atoms with Crippen LogP contribution in [-0.2, 0) is 0 Å². The molecule has 0 saturated carbocycles. The Kier molecular flexibility index (Phi) is 5.01. The molecule has 0 spiro atoms. The van der Waals surface area contributed by atoms with Crippen LogP contribution in [0.3, 0.4) is 0 Å². The van der Waals surface area contributed by atoms with Gasteiger partial charge in [-0.05, 0) is 33.6 Å². The summed E-state index contributed by atoms with van der Waals surface area (Å²) in [7, 11) is 0. The van der Waals surface area contributed by atoms with Crippen LogP contribution in [0.2, 0.25) is 0 Å². The van der Waals surface area contributed by atoms with Crippen molar-refractivity contribution in [2.75, 3.05) is 0 Å². The summed E-state index contributed by atoms with van der Waals surface area (Å²) in [5.41, 5.74) is 2.81. The zero-order valence-corrected chi connectivity index (χ0v) is 8.49. The van der Waals surface area contributed by atoms with Gasteiger partial charge in [-0.25, -0.2) is 0 Å². The van der Waals surface area contributed by atoms with Crippen LogP contribution in [0.25, 0.3) is 0 Å². The van der Waals surface area contributed by atoms with Gasteiger partial charge in [0.2, 0.25) is 0 Å². The molecule has 0 rings (SSSR count). The van der Waals surface area contributed by atoms with E-state index in [1.165, 1.54) is 17.7 Å². The van der Waals surface area contributed by atoms with E-state index in [1.807, 2.05) is 0 Å². The SMILES string of the molecule is CCC(NC(C)CC)=C(C)C. The van der Waals surface area contributed by atoms with E-state index in [-0.39, 0.29) is 0 Å². The van der Waals surface area contributed by atoms with Crippen molar-refractivity contribution in [3.05, 3.63) is 11.3 Å². The van der Waals surface area contributed by atoms with Gasteiger partial charge in [0.1, 0.15) is 0 Å². The first-order valence-electron chi connectivity index (χ1n) is 4.54. The molecule has 0 aromatic carbocycles. The summed E-state index contributed by atoms with van der Waals surface area (Å²) >= 11 is 0. The summed E-state index contributed by atoms with van der Waals surface area (Å²) in [6.07, 6.45) is 2.31. The molecule has 0 heterocycles. The van der Waals surface area contributed by atoms with E-state index in [0.717, 1.165) is 6.42 Å². The average Bonchev–Trinajstić information content (AvgIpc) is 1.99. The normalized spacial score (nSPS) is 12.5. The standard InChI is InChI=1S/C10H21N/c1-6-9(5)11-10(7-2)8(3)4/h9,11H,6-7H2,1-5H3. The first-order valence-corrected chi connectivity index (χ1v) is 4.54. The monoisotopic (exact) mass is 155 g/mol. The Balaban J connectivity index is 3.99. The van der Waals surface area contributed by atoms with Crippen molar-refractivity contribution in [3.63, 3.8) is 0 Å². The van der Waals surface area contributed by atoms with Crippen LogP contribution in [0.15, 0.2) is 11.3 Å². The zero-order valence-electron chi connectivity index (χ0n) is 8.49. The van der Waals surface area contributed by atoms with Gasteiger partial charge in [0, 0.05) is 11.7 Å². The van der Waals surface area contributed by atoms with Crippen molar-refractivity contribution >= 4 is 0 Å². The maximum atomic E-state index is 3.50. The second-order valence-corrected chi connectivity index (χ2v) is 3.29. The van der Waals surface area contributed by atoms with Crippen LogP contribution >= 0.6 is 0 Å². The van der Waals surface area contributed by atoms with Gasteiger partial charge in [-0.1, -0.05) is 19.4 Å². The van der Waals surface area contributed by atoms with E-state index >= 15 is 0 Å². The fourth-order valence-corrected chi connectivity index (χ4v) is 0.999. The van der Waals surface area contributed by atoms with Crippen molar-refractivity contribution in [2.24, 2.45) is 0 Å². The second-order valence-electron chi connectivity index (χ2n) is 3.29. The molecule has 1 N–H and O–H groups in total. The van der Waals surface area contributed by atoms with Crippen LogP contribution in [0.4, 0.5) is 0 Å². The molecule has 1 nitrogen and oxygen atoms in total. The van der Waals surface area contributed by atoms with E-state index in [0.29, 0.717) is 6.04 Å². The molecule has 1 heteroatoms. The van der Waals surface area contributed by atoms with Gasteiger partial charge in [0.25, 0.3) is 0 Å². The molecule has 66 valence electrons. The number of allylic oxidation sites excluding steroid dienone is 2. The van der Waals surface area contributed by atoms with Gasteiger partial charge in [-0.15, -0.1) is 0 Å². The quantitative estimate of drug-likeness (QED) is 0.658. The van der Waals surface area contributed by atoms with Crippen molar-refractivity contribution in [1.82, 2.24) is 5.32 Å². The van der Waals surface area contributed by atoms with Crippen LogP contribution in [0.1, 0.15) is 47.5 Å². The fourth-order valence-electron chi connectivity index (χ4n) is 0.999. The molecule has 1 atom stereocenters. The van der Waals surface area contributed by atoms with E-state index in [4.69, 9.17) is 0 Å². The Hall–Kier alpha value is -0.460. The number of rotatable bonds is 4. The highest BCUT2D eigenvalue weighted by molar-refractivity contribution is 5.07. The molecule has 0 aromatic rings. The summed E-state index contributed by atoms with van der Waals surface area (Å²) in [6.45, 7) is 10.9. The van der Waals surface area contributed by atoms with Gasteiger partial charge in [-0.2, -0.15) is 0 Å². The Morgan fingerprint density at radius 2 is 1.82 bits per heavy atom. The lowest BCUT2D eigenvalue weighted by Gasteiger charge is -2.16. The van der Waals surface area contributed by atoms with Gasteiger partial charge in [0.05, 0.1) is 0 Å². The third kappa shape index (κ3) is 4.07. The third-order valence-electron chi connectivity index (χ3n) is 1.99. The molecule has 0 radical (unpaired) electrons. The van der Waals surface area contributed by atoms with E-state index in [1.54, 1.807) is 0 Å². The van der Waals surface area contributed by atoms with E-state index in [9.17, 15) is 0 Å². The maximum absolute atomic E-state index is 3.50. The summed E-state index contributed by atoms with van der Waals surface area (Å²) in [6, 6.07) is 0.611. The molecule has 0 aliphatic carbocycles. The van der Waals surface area contributed by atoms with Crippen molar-refractivity contribution in [1.29, 1.82) is 0 Å². The first-order chi connectivity index (χ1) is 5.11. The molecular formula is C10H21N.